The molecule has 0 aliphatic carbocycles. The van der Waals surface area contributed by atoms with E-state index in [9.17, 15) is 13.2 Å². The Morgan fingerprint density at radius 1 is 1.12 bits per heavy atom. The van der Waals surface area contributed by atoms with Crippen LogP contribution in [0.25, 0.3) is 11.3 Å². The van der Waals surface area contributed by atoms with E-state index < -0.39 is 9.84 Å². The second-order valence-electron chi connectivity index (χ2n) is 8.57. The number of carbonyl (C=O) groups is 1. The number of hydrogen-bond donors (Lipinski definition) is 1. The van der Waals surface area contributed by atoms with Gasteiger partial charge in [-0.1, -0.05) is 24.3 Å². The minimum atomic E-state index is -3.09. The Morgan fingerprint density at radius 2 is 1.88 bits per heavy atom. The van der Waals surface area contributed by atoms with Crippen LogP contribution in [0, 0.1) is 13.8 Å². The molecule has 1 amide bonds. The highest BCUT2D eigenvalue weighted by atomic mass is 32.2. The zero-order valence-electron chi connectivity index (χ0n) is 19.2. The average Bonchev–Trinajstić information content (AvgIpc) is 3.39. The molecule has 2 aromatic carbocycles. The molecule has 4 rings (SSSR count). The zero-order valence-corrected chi connectivity index (χ0v) is 20.0. The average molecular weight is 468 g/mol. The van der Waals surface area contributed by atoms with Crippen LogP contribution in [0.5, 0.6) is 5.75 Å². The lowest BCUT2D eigenvalue weighted by molar-refractivity contribution is 0.0948. The molecule has 0 spiro atoms. The third-order valence-corrected chi connectivity index (χ3v) is 7.93. The van der Waals surface area contributed by atoms with E-state index in [1.54, 1.807) is 17.9 Å². The number of aryl methyl sites for hydroxylation is 2. The second kappa shape index (κ2) is 9.39. The minimum absolute atomic E-state index is 0.0467. The zero-order chi connectivity index (χ0) is 23.6. The number of nitrogens with zero attached hydrogens (tertiary/aromatic N) is 2. The fraction of sp³-hybridized carbons (Fsp3) is 0.360. The molecule has 1 atom stereocenters. The maximum Gasteiger partial charge on any atom is 0.271 e. The molecule has 3 aromatic rings. The molecule has 1 N–H and O–H groups in total. The minimum Gasteiger partial charge on any atom is -0.497 e. The normalized spacial score (nSPS) is 17.1. The molecule has 1 unspecified atom stereocenters. The predicted molar refractivity (Wildman–Crippen MR) is 128 cm³/mol. The number of hydrogen-bond acceptors (Lipinski definition) is 5. The quantitative estimate of drug-likeness (QED) is 0.574. The van der Waals surface area contributed by atoms with Gasteiger partial charge < -0.3 is 10.1 Å². The summed E-state index contributed by atoms with van der Waals surface area (Å²) in [6, 6.07) is 15.3. The van der Waals surface area contributed by atoms with E-state index in [4.69, 9.17) is 4.74 Å². The smallest absolute Gasteiger partial charge is 0.271 e. The first-order chi connectivity index (χ1) is 15.8. The fourth-order valence-corrected chi connectivity index (χ4v) is 5.76. The van der Waals surface area contributed by atoms with Crippen molar-refractivity contribution in [2.75, 3.05) is 25.2 Å². The highest BCUT2D eigenvalue weighted by molar-refractivity contribution is 7.91. The Morgan fingerprint density at radius 3 is 2.52 bits per heavy atom. The van der Waals surface area contributed by atoms with Crippen LogP contribution >= 0.6 is 0 Å². The SMILES string of the molecule is COc1ccc(CCNC(=O)c2cc(-c3ccc(C)c(C)c3)n(C3CCS(=O)(=O)C3)n2)cc1. The molecule has 1 saturated heterocycles. The first-order valence-electron chi connectivity index (χ1n) is 11.0. The van der Waals surface area contributed by atoms with Crippen molar-refractivity contribution in [2.24, 2.45) is 0 Å². The number of aromatic nitrogens is 2. The molecule has 1 fully saturated rings. The third-order valence-electron chi connectivity index (χ3n) is 6.18. The van der Waals surface area contributed by atoms with Crippen LogP contribution in [-0.2, 0) is 16.3 Å². The third kappa shape index (κ3) is 5.27. The van der Waals surface area contributed by atoms with E-state index in [2.05, 4.69) is 16.5 Å². The van der Waals surface area contributed by atoms with Crippen LogP contribution in [0.4, 0.5) is 0 Å². The molecule has 2 heterocycles. The van der Waals surface area contributed by atoms with Crippen molar-refractivity contribution in [1.29, 1.82) is 0 Å². The topological polar surface area (TPSA) is 90.3 Å². The Balaban J connectivity index is 1.54. The van der Waals surface area contributed by atoms with Crippen LogP contribution in [0.15, 0.2) is 48.5 Å². The highest BCUT2D eigenvalue weighted by Crippen LogP contribution is 2.31. The van der Waals surface area contributed by atoms with Gasteiger partial charge in [0.15, 0.2) is 15.5 Å². The van der Waals surface area contributed by atoms with Crippen molar-refractivity contribution in [3.8, 4) is 17.0 Å². The molecule has 33 heavy (non-hydrogen) atoms. The lowest BCUT2D eigenvalue weighted by Gasteiger charge is -2.14. The second-order valence-corrected chi connectivity index (χ2v) is 10.8. The van der Waals surface area contributed by atoms with Crippen LogP contribution < -0.4 is 10.1 Å². The molecule has 0 bridgehead atoms. The maximum atomic E-state index is 12.9. The van der Waals surface area contributed by atoms with Crippen LogP contribution in [0.2, 0.25) is 0 Å². The van der Waals surface area contributed by atoms with E-state index in [1.807, 2.05) is 50.2 Å². The van der Waals surface area contributed by atoms with Crippen molar-refractivity contribution in [2.45, 2.75) is 32.7 Å². The summed E-state index contributed by atoms with van der Waals surface area (Å²) in [5.41, 5.74) is 5.37. The number of methoxy groups -OCH3 is 1. The lowest BCUT2D eigenvalue weighted by atomic mass is 10.0. The standard InChI is InChI=1S/C25H29N3O4S/c1-17-4-7-20(14-18(17)2)24-15-23(27-28(24)21-11-13-33(30,31)16-21)25(29)26-12-10-19-5-8-22(32-3)9-6-19/h4-9,14-15,21H,10-13,16H2,1-3H3,(H,26,29). The number of carbonyl (C=O) groups excluding carboxylic acids is 1. The van der Waals surface area contributed by atoms with Crippen LogP contribution in [0.1, 0.15) is 39.6 Å². The first-order valence-corrected chi connectivity index (χ1v) is 12.9. The molecule has 0 saturated carbocycles. The van der Waals surface area contributed by atoms with Gasteiger partial charge in [0.1, 0.15) is 5.75 Å². The van der Waals surface area contributed by atoms with Crippen molar-refractivity contribution in [3.63, 3.8) is 0 Å². The van der Waals surface area contributed by atoms with Crippen LogP contribution in [0.3, 0.4) is 0 Å². The molecule has 1 aliphatic heterocycles. The molecular formula is C25H29N3O4S. The van der Waals surface area contributed by atoms with Gasteiger partial charge in [-0.2, -0.15) is 5.10 Å². The van der Waals surface area contributed by atoms with Gasteiger partial charge in [-0.3, -0.25) is 9.48 Å². The van der Waals surface area contributed by atoms with Gasteiger partial charge in [-0.15, -0.1) is 0 Å². The number of nitrogens with one attached hydrogen (secondary N) is 1. The highest BCUT2D eigenvalue weighted by Gasteiger charge is 2.32. The van der Waals surface area contributed by atoms with E-state index >= 15 is 0 Å². The lowest BCUT2D eigenvalue weighted by Crippen LogP contribution is -2.26. The Bertz CT molecular complexity index is 1260. The van der Waals surface area contributed by atoms with Gasteiger partial charge in [-0.25, -0.2) is 8.42 Å². The summed E-state index contributed by atoms with van der Waals surface area (Å²) in [6.07, 6.45) is 1.18. The summed E-state index contributed by atoms with van der Waals surface area (Å²) in [5.74, 6) is 0.715. The molecule has 174 valence electrons. The number of amides is 1. The summed E-state index contributed by atoms with van der Waals surface area (Å²) >= 11 is 0. The number of benzene rings is 2. The number of rotatable bonds is 7. The van der Waals surface area contributed by atoms with Gasteiger partial charge in [0.2, 0.25) is 0 Å². The summed E-state index contributed by atoms with van der Waals surface area (Å²) in [7, 11) is -1.46. The molecule has 7 nitrogen and oxygen atoms in total. The van der Waals surface area contributed by atoms with Gasteiger partial charge in [0.25, 0.3) is 5.91 Å². The summed E-state index contributed by atoms with van der Waals surface area (Å²) in [5, 5.41) is 7.49. The van der Waals surface area contributed by atoms with Crippen LogP contribution in [-0.4, -0.2) is 49.3 Å². The molecule has 0 radical (unpaired) electrons. The Hall–Kier alpha value is -3.13. The first kappa shape index (κ1) is 23.0. The molecule has 1 aliphatic rings. The molecular weight excluding hydrogens is 438 g/mol. The fourth-order valence-electron chi connectivity index (χ4n) is 4.07. The van der Waals surface area contributed by atoms with Gasteiger partial charge in [0, 0.05) is 12.1 Å². The van der Waals surface area contributed by atoms with E-state index in [1.165, 1.54) is 5.56 Å². The Kier molecular flexibility index (Phi) is 6.56. The van der Waals surface area contributed by atoms with Crippen molar-refractivity contribution >= 4 is 15.7 Å². The maximum absolute atomic E-state index is 12.9. The molecule has 1 aromatic heterocycles. The van der Waals surface area contributed by atoms with Gasteiger partial charge in [0.05, 0.1) is 30.4 Å². The van der Waals surface area contributed by atoms with E-state index in [0.717, 1.165) is 28.1 Å². The summed E-state index contributed by atoms with van der Waals surface area (Å²) in [6.45, 7) is 4.54. The summed E-state index contributed by atoms with van der Waals surface area (Å²) in [4.78, 5) is 12.9. The molecule has 8 heteroatoms. The monoisotopic (exact) mass is 467 g/mol. The Labute approximate surface area is 194 Å². The van der Waals surface area contributed by atoms with Gasteiger partial charge in [-0.05, 0) is 67.6 Å². The number of ether oxygens (including phenoxy) is 1. The predicted octanol–water partition coefficient (Wildman–Crippen LogP) is 3.51. The van der Waals surface area contributed by atoms with Crippen molar-refractivity contribution in [1.82, 2.24) is 15.1 Å². The van der Waals surface area contributed by atoms with Crippen molar-refractivity contribution < 1.29 is 17.9 Å². The largest absolute Gasteiger partial charge is 0.497 e. The summed E-state index contributed by atoms with van der Waals surface area (Å²) < 4.78 is 31.1. The van der Waals surface area contributed by atoms with E-state index in [0.29, 0.717) is 25.1 Å². The van der Waals surface area contributed by atoms with E-state index in [-0.39, 0.29) is 23.5 Å². The number of sulfone groups is 1. The van der Waals surface area contributed by atoms with Crippen molar-refractivity contribution in [3.05, 3.63) is 70.9 Å². The van der Waals surface area contributed by atoms with Gasteiger partial charge >= 0.3 is 0 Å².